The van der Waals surface area contributed by atoms with Gasteiger partial charge in [0.05, 0.1) is 0 Å². The maximum atomic E-state index is 2.34. The summed E-state index contributed by atoms with van der Waals surface area (Å²) in [7, 11) is 0. The molecule has 0 aromatic heterocycles. The molecule has 6 rings (SSSR count). The summed E-state index contributed by atoms with van der Waals surface area (Å²) in [6.45, 7) is 0. The third-order valence-electron chi connectivity index (χ3n) is 5.44. The van der Waals surface area contributed by atoms with E-state index in [-0.39, 0.29) is 0 Å². The number of hydrogen-bond acceptors (Lipinski definition) is 0. The lowest BCUT2D eigenvalue weighted by molar-refractivity contribution is 1.20. The molecule has 0 bridgehead atoms. The lowest BCUT2D eigenvalue weighted by atomic mass is 9.82. The third kappa shape index (κ3) is 1.33. The molecule has 0 heterocycles. The molecule has 0 amide bonds. The second-order valence-corrected chi connectivity index (χ2v) is 6.56. The number of benzene rings is 4. The van der Waals surface area contributed by atoms with E-state index in [9.17, 15) is 0 Å². The maximum absolute atomic E-state index is 2.34. The van der Waals surface area contributed by atoms with Gasteiger partial charge in [0.25, 0.3) is 0 Å². The van der Waals surface area contributed by atoms with Crippen LogP contribution in [0.5, 0.6) is 0 Å². The Balaban J connectivity index is 1.84. The van der Waals surface area contributed by atoms with Gasteiger partial charge in [-0.1, -0.05) is 72.8 Å². The van der Waals surface area contributed by atoms with E-state index in [1.54, 1.807) is 0 Å². The molecule has 106 valence electrons. The van der Waals surface area contributed by atoms with E-state index in [0.29, 0.717) is 0 Å². The lowest BCUT2D eigenvalue weighted by Crippen LogP contribution is -2.01. The zero-order valence-corrected chi connectivity index (χ0v) is 12.6. The number of hydrogen-bond donors (Lipinski definition) is 0. The van der Waals surface area contributed by atoms with Gasteiger partial charge in [-0.3, -0.25) is 0 Å². The normalized spacial score (nSPS) is 13.0. The minimum atomic E-state index is 1.04. The smallest absolute Gasteiger partial charge is 0.00132 e. The molecular formula is C23H14. The van der Waals surface area contributed by atoms with E-state index in [2.05, 4.69) is 72.8 Å². The SMILES string of the molecule is c1ccc2c(c1)Cc1ccc3c4c(ccc-2c14)-c1ccccc1-3. The van der Waals surface area contributed by atoms with Gasteiger partial charge in [0, 0.05) is 0 Å². The van der Waals surface area contributed by atoms with Gasteiger partial charge < -0.3 is 0 Å². The average molecular weight is 290 g/mol. The van der Waals surface area contributed by atoms with Crippen LogP contribution in [-0.4, -0.2) is 0 Å². The largest absolute Gasteiger partial charge is 0.0619 e. The zero-order valence-electron chi connectivity index (χ0n) is 12.6. The summed E-state index contributed by atoms with van der Waals surface area (Å²) in [6, 6.07) is 26.9. The van der Waals surface area contributed by atoms with Crippen LogP contribution in [0.4, 0.5) is 0 Å². The van der Waals surface area contributed by atoms with E-state index in [1.807, 2.05) is 0 Å². The molecule has 2 aliphatic carbocycles. The molecule has 0 N–H and O–H groups in total. The summed E-state index contributed by atoms with van der Waals surface area (Å²) in [5.74, 6) is 0. The Labute approximate surface area is 135 Å². The van der Waals surface area contributed by atoms with Crippen molar-refractivity contribution in [1.29, 1.82) is 0 Å². The monoisotopic (exact) mass is 290 g/mol. The molecular weight excluding hydrogens is 276 g/mol. The molecule has 0 radical (unpaired) electrons. The Morgan fingerprint density at radius 3 is 1.70 bits per heavy atom. The van der Waals surface area contributed by atoms with Crippen molar-refractivity contribution in [3.8, 4) is 33.4 Å². The minimum Gasteiger partial charge on any atom is -0.0619 e. The average Bonchev–Trinajstić information content (AvgIpc) is 2.95. The van der Waals surface area contributed by atoms with Gasteiger partial charge in [-0.05, 0) is 61.7 Å². The van der Waals surface area contributed by atoms with E-state index in [0.717, 1.165) is 6.42 Å². The molecule has 23 heavy (non-hydrogen) atoms. The number of rotatable bonds is 0. The Kier molecular flexibility index (Phi) is 1.98. The van der Waals surface area contributed by atoms with E-state index in [4.69, 9.17) is 0 Å². The highest BCUT2D eigenvalue weighted by Gasteiger charge is 2.26. The summed E-state index contributed by atoms with van der Waals surface area (Å²) in [6.07, 6.45) is 1.04. The summed E-state index contributed by atoms with van der Waals surface area (Å²) in [5.41, 5.74) is 11.3. The van der Waals surface area contributed by atoms with Gasteiger partial charge in [0.1, 0.15) is 0 Å². The molecule has 0 unspecified atom stereocenters. The van der Waals surface area contributed by atoms with Gasteiger partial charge in [0.15, 0.2) is 0 Å². The van der Waals surface area contributed by atoms with Crippen LogP contribution in [-0.2, 0) is 6.42 Å². The zero-order chi connectivity index (χ0) is 15.0. The molecule has 0 nitrogen and oxygen atoms in total. The first-order chi connectivity index (χ1) is 11.4. The van der Waals surface area contributed by atoms with Crippen molar-refractivity contribution >= 4 is 10.8 Å². The summed E-state index contributed by atoms with van der Waals surface area (Å²) < 4.78 is 0. The van der Waals surface area contributed by atoms with Crippen LogP contribution in [0.3, 0.4) is 0 Å². The fourth-order valence-electron chi connectivity index (χ4n) is 4.48. The second kappa shape index (κ2) is 3.91. The van der Waals surface area contributed by atoms with Gasteiger partial charge >= 0.3 is 0 Å². The topological polar surface area (TPSA) is 0 Å². The Morgan fingerprint density at radius 2 is 0.957 bits per heavy atom. The Morgan fingerprint density at radius 1 is 0.391 bits per heavy atom. The predicted octanol–water partition coefficient (Wildman–Crippen LogP) is 6.06. The van der Waals surface area contributed by atoms with E-state index in [1.165, 1.54) is 55.3 Å². The van der Waals surface area contributed by atoms with Crippen molar-refractivity contribution in [2.75, 3.05) is 0 Å². The molecule has 0 spiro atoms. The molecule has 0 saturated heterocycles. The molecule has 0 atom stereocenters. The Bertz CT molecular complexity index is 1100. The highest BCUT2D eigenvalue weighted by atomic mass is 14.3. The third-order valence-corrected chi connectivity index (χ3v) is 5.44. The van der Waals surface area contributed by atoms with Crippen molar-refractivity contribution in [1.82, 2.24) is 0 Å². The standard InChI is InChI=1S/C23H14/c1-2-6-16-14(5-1)13-15-9-10-20-17-7-3-4-8-18(17)21-12-11-19(16)22(15)23(20)21/h1-12H,13H2. The summed E-state index contributed by atoms with van der Waals surface area (Å²) in [4.78, 5) is 0. The molecule has 0 heteroatoms. The minimum absolute atomic E-state index is 1.04. The highest BCUT2D eigenvalue weighted by Crippen LogP contribution is 2.51. The van der Waals surface area contributed by atoms with E-state index < -0.39 is 0 Å². The summed E-state index contributed by atoms with van der Waals surface area (Å²) >= 11 is 0. The van der Waals surface area contributed by atoms with Crippen LogP contribution in [0.25, 0.3) is 44.2 Å². The van der Waals surface area contributed by atoms with Crippen molar-refractivity contribution in [3.05, 3.63) is 83.9 Å². The van der Waals surface area contributed by atoms with Crippen LogP contribution in [0, 0.1) is 0 Å². The van der Waals surface area contributed by atoms with Crippen LogP contribution < -0.4 is 0 Å². The van der Waals surface area contributed by atoms with Crippen molar-refractivity contribution in [2.24, 2.45) is 0 Å². The molecule has 0 saturated carbocycles. The highest BCUT2D eigenvalue weighted by molar-refractivity contribution is 6.20. The first-order valence-corrected chi connectivity index (χ1v) is 8.18. The van der Waals surface area contributed by atoms with Crippen molar-refractivity contribution in [3.63, 3.8) is 0 Å². The van der Waals surface area contributed by atoms with Crippen molar-refractivity contribution in [2.45, 2.75) is 6.42 Å². The maximum Gasteiger partial charge on any atom is -0.00132 e. The quantitative estimate of drug-likeness (QED) is 0.319. The van der Waals surface area contributed by atoms with Gasteiger partial charge in [-0.15, -0.1) is 0 Å². The van der Waals surface area contributed by atoms with Crippen LogP contribution in [0.2, 0.25) is 0 Å². The first-order valence-electron chi connectivity index (χ1n) is 8.18. The second-order valence-electron chi connectivity index (χ2n) is 6.56. The molecule has 4 aromatic rings. The first kappa shape index (κ1) is 11.7. The Hall–Kier alpha value is -2.86. The van der Waals surface area contributed by atoms with Gasteiger partial charge in [-0.25, -0.2) is 0 Å². The van der Waals surface area contributed by atoms with Crippen LogP contribution in [0.1, 0.15) is 11.1 Å². The molecule has 0 fully saturated rings. The van der Waals surface area contributed by atoms with Crippen LogP contribution in [0.15, 0.2) is 72.8 Å². The molecule has 0 aliphatic heterocycles. The molecule has 4 aromatic carbocycles. The van der Waals surface area contributed by atoms with Crippen LogP contribution >= 0.6 is 0 Å². The van der Waals surface area contributed by atoms with Crippen molar-refractivity contribution < 1.29 is 0 Å². The fourth-order valence-corrected chi connectivity index (χ4v) is 4.48. The summed E-state index contributed by atoms with van der Waals surface area (Å²) in [5, 5.41) is 2.92. The fraction of sp³-hybridized carbons (Fsp3) is 0.0435. The van der Waals surface area contributed by atoms with Gasteiger partial charge in [0.2, 0.25) is 0 Å². The van der Waals surface area contributed by atoms with Gasteiger partial charge in [-0.2, -0.15) is 0 Å². The molecule has 2 aliphatic rings. The van der Waals surface area contributed by atoms with E-state index >= 15 is 0 Å². The predicted molar refractivity (Wildman–Crippen MR) is 96.6 cm³/mol. The number of fused-ring (bicyclic) bond motifs is 5. The lowest BCUT2D eigenvalue weighted by Gasteiger charge is -2.21.